The first-order valence-corrected chi connectivity index (χ1v) is 12.0. The number of carbonyl (C=O) groups excluding carboxylic acids is 1. The first-order chi connectivity index (χ1) is 14.3. The van der Waals surface area contributed by atoms with Crippen molar-refractivity contribution >= 4 is 33.2 Å². The normalized spacial score (nSPS) is 14.6. The Bertz CT molecular complexity index is 1020. The minimum atomic E-state index is -3.94. The topological polar surface area (TPSA) is 78.5 Å². The van der Waals surface area contributed by atoms with Gasteiger partial charge in [0.1, 0.15) is 4.90 Å². The van der Waals surface area contributed by atoms with Crippen LogP contribution in [0.25, 0.3) is 0 Å². The molecular weight excluding hydrogens is 422 g/mol. The number of carbonyl (C=O) groups is 1. The smallest absolute Gasteiger partial charge is 0.263 e. The van der Waals surface area contributed by atoms with Crippen molar-refractivity contribution in [1.29, 1.82) is 0 Å². The van der Waals surface area contributed by atoms with Crippen molar-refractivity contribution in [2.75, 3.05) is 30.9 Å². The van der Waals surface area contributed by atoms with E-state index in [-0.39, 0.29) is 21.4 Å². The molecule has 2 N–H and O–H groups in total. The molecule has 1 heterocycles. The van der Waals surface area contributed by atoms with Crippen molar-refractivity contribution in [2.24, 2.45) is 0 Å². The Morgan fingerprint density at radius 2 is 1.83 bits per heavy atom. The molecule has 3 rings (SSSR count). The number of aryl methyl sites for hydroxylation is 2. The number of nitrogens with zero attached hydrogens (tertiary/aromatic N) is 1. The van der Waals surface area contributed by atoms with E-state index in [0.717, 1.165) is 37.2 Å². The minimum Gasteiger partial charge on any atom is -0.352 e. The Hall–Kier alpha value is -2.09. The van der Waals surface area contributed by atoms with Crippen molar-refractivity contribution < 1.29 is 13.2 Å². The van der Waals surface area contributed by atoms with Crippen molar-refractivity contribution in [3.8, 4) is 0 Å². The maximum absolute atomic E-state index is 12.9. The van der Waals surface area contributed by atoms with E-state index in [9.17, 15) is 13.2 Å². The molecule has 1 amide bonds. The van der Waals surface area contributed by atoms with Gasteiger partial charge in [0, 0.05) is 12.1 Å². The molecule has 6 nitrogen and oxygen atoms in total. The van der Waals surface area contributed by atoms with Gasteiger partial charge in [-0.3, -0.25) is 9.52 Å². The Morgan fingerprint density at radius 1 is 1.10 bits per heavy atom. The van der Waals surface area contributed by atoms with Crippen LogP contribution in [0.3, 0.4) is 0 Å². The second kappa shape index (κ2) is 9.81. The molecule has 0 saturated carbocycles. The van der Waals surface area contributed by atoms with Gasteiger partial charge in [-0.15, -0.1) is 0 Å². The molecule has 0 bridgehead atoms. The fraction of sp³-hybridized carbons (Fsp3) is 0.409. The first kappa shape index (κ1) is 22.6. The Morgan fingerprint density at radius 3 is 2.53 bits per heavy atom. The summed E-state index contributed by atoms with van der Waals surface area (Å²) in [6.45, 7) is 7.52. The van der Waals surface area contributed by atoms with Crippen LogP contribution in [0.1, 0.15) is 40.7 Å². The van der Waals surface area contributed by atoms with Crippen LogP contribution in [-0.2, 0) is 10.0 Å². The lowest BCUT2D eigenvalue weighted by molar-refractivity contribution is 0.0952. The SMILES string of the molecule is Cc1ccc(NS(=O)(=O)c2cc(C(=O)NCCCN3CCCC3)ccc2Cl)c(C)c1. The van der Waals surface area contributed by atoms with Crippen LogP contribution in [-0.4, -0.2) is 45.4 Å². The summed E-state index contributed by atoms with van der Waals surface area (Å²) >= 11 is 6.16. The van der Waals surface area contributed by atoms with E-state index < -0.39 is 10.0 Å². The average molecular weight is 450 g/mol. The van der Waals surface area contributed by atoms with E-state index in [2.05, 4.69) is 14.9 Å². The van der Waals surface area contributed by atoms with Gasteiger partial charge in [0.05, 0.1) is 10.7 Å². The van der Waals surface area contributed by atoms with Crippen molar-refractivity contribution in [1.82, 2.24) is 10.2 Å². The Kier molecular flexibility index (Phi) is 7.39. The molecule has 1 fully saturated rings. The number of hydrogen-bond donors (Lipinski definition) is 2. The maximum atomic E-state index is 12.9. The lowest BCUT2D eigenvalue weighted by Crippen LogP contribution is -2.28. The average Bonchev–Trinajstić information content (AvgIpc) is 3.21. The van der Waals surface area contributed by atoms with Gasteiger partial charge in [0.2, 0.25) is 0 Å². The summed E-state index contributed by atoms with van der Waals surface area (Å²) in [5, 5.41) is 2.93. The number of benzene rings is 2. The fourth-order valence-electron chi connectivity index (χ4n) is 3.59. The highest BCUT2D eigenvalue weighted by atomic mass is 35.5. The molecule has 30 heavy (non-hydrogen) atoms. The molecular formula is C22H28ClN3O3S. The number of anilines is 1. The quantitative estimate of drug-likeness (QED) is 0.597. The third-order valence-electron chi connectivity index (χ3n) is 5.24. The van der Waals surface area contributed by atoms with Crippen molar-refractivity contribution in [3.63, 3.8) is 0 Å². The summed E-state index contributed by atoms with van der Waals surface area (Å²) in [6, 6.07) is 9.74. The predicted octanol–water partition coefficient (Wildman–Crippen LogP) is 3.97. The standard InChI is InChI=1S/C22H28ClN3O3S/c1-16-6-9-20(17(2)14-16)25-30(28,29)21-15-18(7-8-19(21)23)22(27)24-10-5-13-26-11-3-4-12-26/h6-9,14-15,25H,3-5,10-13H2,1-2H3,(H,24,27). The third-order valence-corrected chi connectivity index (χ3v) is 7.09. The zero-order valence-electron chi connectivity index (χ0n) is 17.4. The van der Waals surface area contributed by atoms with Crippen molar-refractivity contribution in [2.45, 2.75) is 38.0 Å². The maximum Gasteiger partial charge on any atom is 0.263 e. The van der Waals surface area contributed by atoms with Crippen LogP contribution in [0.2, 0.25) is 5.02 Å². The number of nitrogens with one attached hydrogen (secondary N) is 2. The number of amides is 1. The number of hydrogen-bond acceptors (Lipinski definition) is 4. The molecule has 0 spiro atoms. The molecule has 8 heteroatoms. The lowest BCUT2D eigenvalue weighted by Gasteiger charge is -2.15. The van der Waals surface area contributed by atoms with Crippen molar-refractivity contribution in [3.05, 3.63) is 58.1 Å². The molecule has 162 valence electrons. The molecule has 1 aliphatic rings. The van der Waals surface area contributed by atoms with Gasteiger partial charge >= 0.3 is 0 Å². The van der Waals surface area contributed by atoms with Gasteiger partial charge in [-0.2, -0.15) is 0 Å². The van der Waals surface area contributed by atoms with Crippen LogP contribution in [0.15, 0.2) is 41.3 Å². The monoisotopic (exact) mass is 449 g/mol. The van der Waals surface area contributed by atoms with Gasteiger partial charge in [0.15, 0.2) is 0 Å². The first-order valence-electron chi connectivity index (χ1n) is 10.2. The summed E-state index contributed by atoms with van der Waals surface area (Å²) in [5.41, 5.74) is 2.59. The van der Waals surface area contributed by atoms with Gasteiger partial charge < -0.3 is 10.2 Å². The third kappa shape index (κ3) is 5.74. The van der Waals surface area contributed by atoms with E-state index in [0.29, 0.717) is 12.2 Å². The van der Waals surface area contributed by atoms with Crippen LogP contribution in [0.4, 0.5) is 5.69 Å². The van der Waals surface area contributed by atoms with E-state index in [4.69, 9.17) is 11.6 Å². The highest BCUT2D eigenvalue weighted by molar-refractivity contribution is 7.92. The van der Waals surface area contributed by atoms with E-state index >= 15 is 0 Å². The van der Waals surface area contributed by atoms with Gasteiger partial charge in [-0.25, -0.2) is 8.42 Å². The second-order valence-electron chi connectivity index (χ2n) is 7.73. The van der Waals surface area contributed by atoms with Crippen LogP contribution in [0, 0.1) is 13.8 Å². The minimum absolute atomic E-state index is 0.0675. The summed E-state index contributed by atoms with van der Waals surface area (Å²) in [5.74, 6) is -0.309. The molecule has 0 aliphatic carbocycles. The molecule has 0 unspecified atom stereocenters. The Balaban J connectivity index is 1.67. The number of rotatable bonds is 8. The van der Waals surface area contributed by atoms with Crippen LogP contribution >= 0.6 is 11.6 Å². The molecule has 2 aromatic carbocycles. The zero-order valence-corrected chi connectivity index (χ0v) is 18.9. The number of sulfonamides is 1. The summed E-state index contributed by atoms with van der Waals surface area (Å²) in [6.07, 6.45) is 3.34. The molecule has 0 atom stereocenters. The lowest BCUT2D eigenvalue weighted by atomic mass is 10.1. The largest absolute Gasteiger partial charge is 0.352 e. The molecule has 0 aromatic heterocycles. The fourth-order valence-corrected chi connectivity index (χ4v) is 5.25. The van der Waals surface area contributed by atoms with E-state index in [1.165, 1.54) is 31.0 Å². The molecule has 0 radical (unpaired) electrons. The number of halogens is 1. The van der Waals surface area contributed by atoms with Gasteiger partial charge in [0.25, 0.3) is 15.9 Å². The van der Waals surface area contributed by atoms with E-state index in [1.54, 1.807) is 6.07 Å². The molecule has 1 saturated heterocycles. The van der Waals surface area contributed by atoms with Gasteiger partial charge in [-0.05, 0) is 82.6 Å². The highest BCUT2D eigenvalue weighted by Gasteiger charge is 2.21. The van der Waals surface area contributed by atoms with Gasteiger partial charge in [-0.1, -0.05) is 29.3 Å². The zero-order chi connectivity index (χ0) is 21.7. The summed E-state index contributed by atoms with van der Waals surface area (Å²) in [7, 11) is -3.94. The van der Waals surface area contributed by atoms with Crippen LogP contribution in [0.5, 0.6) is 0 Å². The number of likely N-dealkylation sites (tertiary alicyclic amines) is 1. The molecule has 2 aromatic rings. The Labute approximate surface area is 183 Å². The molecule has 1 aliphatic heterocycles. The highest BCUT2D eigenvalue weighted by Crippen LogP contribution is 2.26. The summed E-state index contributed by atoms with van der Waals surface area (Å²) < 4.78 is 28.4. The van der Waals surface area contributed by atoms with Crippen LogP contribution < -0.4 is 10.0 Å². The van der Waals surface area contributed by atoms with E-state index in [1.807, 2.05) is 26.0 Å². The summed E-state index contributed by atoms with van der Waals surface area (Å²) in [4.78, 5) is 14.8. The predicted molar refractivity (Wildman–Crippen MR) is 121 cm³/mol. The second-order valence-corrected chi connectivity index (χ2v) is 9.79.